The number of hydrogen-bond acceptors (Lipinski definition) is 1. The fourth-order valence-electron chi connectivity index (χ4n) is 1.03. The summed E-state index contributed by atoms with van der Waals surface area (Å²) in [6.07, 6.45) is -3.21. The molecule has 0 aromatic heterocycles. The van der Waals surface area contributed by atoms with E-state index < -0.39 is 29.4 Å². The van der Waals surface area contributed by atoms with Gasteiger partial charge in [0.1, 0.15) is 0 Å². The first-order valence-corrected chi connectivity index (χ1v) is 3.71. The number of alkyl halides is 2. The molecule has 0 saturated heterocycles. The number of aryl methyl sites for hydroxylation is 1. The molecule has 0 fully saturated rings. The van der Waals surface area contributed by atoms with Crippen molar-refractivity contribution in [2.45, 2.75) is 13.3 Å². The van der Waals surface area contributed by atoms with Gasteiger partial charge in [-0.3, -0.25) is 4.79 Å². The first-order chi connectivity index (χ1) is 6.43. The van der Waals surface area contributed by atoms with Gasteiger partial charge in [-0.15, -0.1) is 0 Å². The molecule has 1 aromatic carbocycles. The van der Waals surface area contributed by atoms with Crippen LogP contribution in [0.2, 0.25) is 0 Å². The van der Waals surface area contributed by atoms with Gasteiger partial charge < -0.3 is 0 Å². The van der Waals surface area contributed by atoms with Crippen LogP contribution in [0.3, 0.4) is 0 Å². The third-order valence-corrected chi connectivity index (χ3v) is 1.73. The molecule has 0 atom stereocenters. The maximum Gasteiger partial charge on any atom is 0.300 e. The highest BCUT2D eigenvalue weighted by Crippen LogP contribution is 2.17. The largest absolute Gasteiger partial charge is 0.300 e. The first-order valence-electron chi connectivity index (χ1n) is 3.71. The predicted octanol–water partition coefficient (Wildman–Crippen LogP) is 2.72. The van der Waals surface area contributed by atoms with Crippen molar-refractivity contribution in [3.63, 3.8) is 0 Å². The number of ketones is 1. The van der Waals surface area contributed by atoms with Gasteiger partial charge in [0.05, 0.1) is 0 Å². The smallest absolute Gasteiger partial charge is 0.288 e. The molecule has 1 rings (SSSR count). The SMILES string of the molecule is Cc1cc(F)c(F)cc1C(=O)C(F)F. The molecule has 0 heterocycles. The van der Waals surface area contributed by atoms with Crippen molar-refractivity contribution >= 4 is 5.78 Å². The van der Waals surface area contributed by atoms with E-state index in [9.17, 15) is 22.4 Å². The number of Topliss-reactive ketones (excluding diaryl/α,β-unsaturated/α-hetero) is 1. The lowest BCUT2D eigenvalue weighted by Gasteiger charge is -2.04. The van der Waals surface area contributed by atoms with Crippen molar-refractivity contribution in [3.05, 3.63) is 34.9 Å². The fourth-order valence-corrected chi connectivity index (χ4v) is 1.03. The first kappa shape index (κ1) is 10.7. The van der Waals surface area contributed by atoms with Crippen LogP contribution < -0.4 is 0 Å². The molecule has 0 aliphatic rings. The van der Waals surface area contributed by atoms with Crippen LogP contribution in [0.4, 0.5) is 17.6 Å². The Balaban J connectivity index is 3.22. The van der Waals surface area contributed by atoms with E-state index in [2.05, 4.69) is 0 Å². The van der Waals surface area contributed by atoms with E-state index in [4.69, 9.17) is 0 Å². The normalized spacial score (nSPS) is 10.7. The van der Waals surface area contributed by atoms with E-state index in [0.29, 0.717) is 12.1 Å². The van der Waals surface area contributed by atoms with E-state index in [0.717, 1.165) is 0 Å². The lowest BCUT2D eigenvalue weighted by molar-refractivity contribution is 0.0677. The Morgan fingerprint density at radius 2 is 1.71 bits per heavy atom. The summed E-state index contributed by atoms with van der Waals surface area (Å²) in [5.41, 5.74) is -0.492. The Morgan fingerprint density at radius 3 is 2.21 bits per heavy atom. The molecule has 0 spiro atoms. The molecule has 0 N–H and O–H groups in total. The number of carbonyl (C=O) groups excluding carboxylic acids is 1. The average molecular weight is 206 g/mol. The Labute approximate surface area is 77.3 Å². The van der Waals surface area contributed by atoms with E-state index in [1.807, 2.05) is 0 Å². The van der Waals surface area contributed by atoms with Crippen LogP contribution in [-0.2, 0) is 0 Å². The Hall–Kier alpha value is -1.39. The highest BCUT2D eigenvalue weighted by atomic mass is 19.3. The second-order valence-electron chi connectivity index (χ2n) is 2.75. The van der Waals surface area contributed by atoms with Crippen molar-refractivity contribution in [3.8, 4) is 0 Å². The van der Waals surface area contributed by atoms with E-state index in [1.165, 1.54) is 6.92 Å². The van der Waals surface area contributed by atoms with Crippen LogP contribution in [-0.4, -0.2) is 12.2 Å². The molecule has 5 heteroatoms. The van der Waals surface area contributed by atoms with Crippen molar-refractivity contribution < 1.29 is 22.4 Å². The van der Waals surface area contributed by atoms with Gasteiger partial charge in [-0.05, 0) is 24.6 Å². The third-order valence-electron chi connectivity index (χ3n) is 1.73. The fraction of sp³-hybridized carbons (Fsp3) is 0.222. The maximum absolute atomic E-state index is 12.6. The number of carbonyl (C=O) groups is 1. The minimum absolute atomic E-state index is 0.00537. The second-order valence-corrected chi connectivity index (χ2v) is 2.75. The van der Waals surface area contributed by atoms with Crippen LogP contribution >= 0.6 is 0 Å². The summed E-state index contributed by atoms with van der Waals surface area (Å²) in [5, 5.41) is 0. The molecule has 0 unspecified atom stereocenters. The molecule has 0 aliphatic carbocycles. The van der Waals surface area contributed by atoms with Gasteiger partial charge in [0.2, 0.25) is 5.78 Å². The van der Waals surface area contributed by atoms with Gasteiger partial charge in [-0.25, -0.2) is 17.6 Å². The minimum Gasteiger partial charge on any atom is -0.288 e. The molecule has 0 saturated carbocycles. The average Bonchev–Trinajstić information content (AvgIpc) is 2.10. The molecule has 0 aliphatic heterocycles. The molecule has 14 heavy (non-hydrogen) atoms. The van der Waals surface area contributed by atoms with Crippen molar-refractivity contribution in [2.24, 2.45) is 0 Å². The van der Waals surface area contributed by atoms with Gasteiger partial charge in [0.15, 0.2) is 11.6 Å². The summed E-state index contributed by atoms with van der Waals surface area (Å²) in [5.74, 6) is -3.96. The van der Waals surface area contributed by atoms with Crippen molar-refractivity contribution in [1.82, 2.24) is 0 Å². The maximum atomic E-state index is 12.6. The summed E-state index contributed by atoms with van der Waals surface area (Å²) in [6, 6.07) is 1.20. The van der Waals surface area contributed by atoms with Gasteiger partial charge in [-0.2, -0.15) is 0 Å². The Bertz CT molecular complexity index is 373. The summed E-state index contributed by atoms with van der Waals surface area (Å²) in [6.45, 7) is 1.26. The van der Waals surface area contributed by atoms with Crippen LogP contribution in [0.5, 0.6) is 0 Å². The number of halogens is 4. The predicted molar refractivity (Wildman–Crippen MR) is 41.4 cm³/mol. The zero-order chi connectivity index (χ0) is 10.9. The van der Waals surface area contributed by atoms with Gasteiger partial charge >= 0.3 is 6.43 Å². The van der Waals surface area contributed by atoms with E-state index in [1.54, 1.807) is 0 Å². The monoisotopic (exact) mass is 206 g/mol. The van der Waals surface area contributed by atoms with Gasteiger partial charge in [0, 0.05) is 5.56 Å². The van der Waals surface area contributed by atoms with Gasteiger partial charge in [0.25, 0.3) is 0 Å². The van der Waals surface area contributed by atoms with Crippen LogP contribution in [0, 0.1) is 18.6 Å². The molecule has 76 valence electrons. The summed E-state index contributed by atoms with van der Waals surface area (Å²) in [4.78, 5) is 10.8. The minimum atomic E-state index is -3.21. The quantitative estimate of drug-likeness (QED) is 0.537. The van der Waals surface area contributed by atoms with E-state index >= 15 is 0 Å². The topological polar surface area (TPSA) is 17.1 Å². The second kappa shape index (κ2) is 3.77. The summed E-state index contributed by atoms with van der Waals surface area (Å²) < 4.78 is 49.1. The van der Waals surface area contributed by atoms with Crippen LogP contribution in [0.25, 0.3) is 0 Å². The molecule has 1 aromatic rings. The van der Waals surface area contributed by atoms with Crippen LogP contribution in [0.15, 0.2) is 12.1 Å². The summed E-state index contributed by atoms with van der Waals surface area (Å²) >= 11 is 0. The third kappa shape index (κ3) is 1.92. The molecule has 0 radical (unpaired) electrons. The van der Waals surface area contributed by atoms with Gasteiger partial charge in [-0.1, -0.05) is 0 Å². The highest BCUT2D eigenvalue weighted by Gasteiger charge is 2.21. The van der Waals surface area contributed by atoms with Crippen LogP contribution in [0.1, 0.15) is 15.9 Å². The number of rotatable bonds is 2. The number of hydrogen-bond donors (Lipinski definition) is 0. The molecule has 0 bridgehead atoms. The Morgan fingerprint density at radius 1 is 1.21 bits per heavy atom. The zero-order valence-electron chi connectivity index (χ0n) is 7.15. The molecule has 0 amide bonds. The lowest BCUT2D eigenvalue weighted by Crippen LogP contribution is -2.12. The van der Waals surface area contributed by atoms with Crippen molar-refractivity contribution in [2.75, 3.05) is 0 Å². The molecular weight excluding hydrogens is 200 g/mol. The standard InChI is InChI=1S/C9H6F4O/c1-4-2-6(10)7(11)3-5(4)8(14)9(12)13/h2-3,9H,1H3. The summed E-state index contributed by atoms with van der Waals surface area (Å²) in [7, 11) is 0. The Kier molecular flexibility index (Phi) is 2.88. The highest BCUT2D eigenvalue weighted by molar-refractivity contribution is 5.99. The van der Waals surface area contributed by atoms with Crippen molar-refractivity contribution in [1.29, 1.82) is 0 Å². The van der Waals surface area contributed by atoms with E-state index in [-0.39, 0.29) is 5.56 Å². The number of benzene rings is 1. The molecular formula is C9H6F4O. The lowest BCUT2D eigenvalue weighted by atomic mass is 10.0. The molecule has 1 nitrogen and oxygen atoms in total. The zero-order valence-corrected chi connectivity index (χ0v) is 7.15.